The maximum Gasteiger partial charge on any atom is 0.138 e. The summed E-state index contributed by atoms with van der Waals surface area (Å²) >= 11 is 3.77. The van der Waals surface area contributed by atoms with E-state index in [0.29, 0.717) is 5.75 Å². The van der Waals surface area contributed by atoms with Crippen molar-refractivity contribution in [1.82, 2.24) is 0 Å². The standard InChI is InChI=1S/C9H11NOS2/c11-9-4-2-1-3-8(9)10-5-12-7-13-6-10/h1-4,11H,5-7H2. The molecule has 0 saturated carbocycles. The maximum absolute atomic E-state index is 9.60. The Morgan fingerprint density at radius 3 is 2.54 bits per heavy atom. The average Bonchev–Trinajstić information content (AvgIpc) is 2.20. The largest absolute Gasteiger partial charge is 0.506 e. The van der Waals surface area contributed by atoms with Crippen LogP contribution in [0.3, 0.4) is 0 Å². The molecule has 1 fully saturated rings. The van der Waals surface area contributed by atoms with Gasteiger partial charge in [-0.1, -0.05) is 12.1 Å². The minimum atomic E-state index is 0.380. The van der Waals surface area contributed by atoms with Crippen molar-refractivity contribution in [3.05, 3.63) is 24.3 Å². The van der Waals surface area contributed by atoms with Gasteiger partial charge in [0.25, 0.3) is 0 Å². The van der Waals surface area contributed by atoms with Crippen molar-refractivity contribution in [2.45, 2.75) is 0 Å². The van der Waals surface area contributed by atoms with Crippen molar-refractivity contribution in [1.29, 1.82) is 0 Å². The fourth-order valence-electron chi connectivity index (χ4n) is 1.26. The summed E-state index contributed by atoms with van der Waals surface area (Å²) < 4.78 is 0. The monoisotopic (exact) mass is 213 g/mol. The predicted octanol–water partition coefficient (Wildman–Crippen LogP) is 2.55. The lowest BCUT2D eigenvalue weighted by Crippen LogP contribution is -2.25. The molecule has 1 aromatic carbocycles. The van der Waals surface area contributed by atoms with Gasteiger partial charge in [-0.15, -0.1) is 23.5 Å². The molecule has 1 N–H and O–H groups in total. The minimum Gasteiger partial charge on any atom is -0.506 e. The fourth-order valence-corrected chi connectivity index (χ4v) is 3.35. The van der Waals surface area contributed by atoms with Gasteiger partial charge in [0.15, 0.2) is 0 Å². The molecular formula is C9H11NOS2. The van der Waals surface area contributed by atoms with Gasteiger partial charge in [-0.05, 0) is 12.1 Å². The number of phenolic OH excluding ortho intramolecular Hbond substituents is 1. The first-order valence-corrected chi connectivity index (χ1v) is 6.37. The Morgan fingerprint density at radius 2 is 1.85 bits per heavy atom. The second kappa shape index (κ2) is 4.15. The van der Waals surface area contributed by atoms with E-state index in [0.717, 1.165) is 22.5 Å². The molecule has 1 heterocycles. The molecule has 0 aliphatic carbocycles. The Balaban J connectivity index is 2.18. The van der Waals surface area contributed by atoms with E-state index in [1.807, 2.05) is 41.7 Å². The van der Waals surface area contributed by atoms with Crippen molar-refractivity contribution in [3.8, 4) is 5.75 Å². The molecule has 4 heteroatoms. The highest BCUT2D eigenvalue weighted by atomic mass is 32.2. The number of rotatable bonds is 1. The highest BCUT2D eigenvalue weighted by Crippen LogP contribution is 2.32. The number of benzene rings is 1. The molecule has 2 rings (SSSR count). The van der Waals surface area contributed by atoms with E-state index in [1.165, 1.54) is 0 Å². The quantitative estimate of drug-likeness (QED) is 0.774. The Labute approximate surface area is 86.3 Å². The number of phenols is 1. The number of nitrogens with zero attached hydrogens (tertiary/aromatic N) is 1. The van der Waals surface area contributed by atoms with Crippen LogP contribution in [0.1, 0.15) is 0 Å². The highest BCUT2D eigenvalue weighted by Gasteiger charge is 2.13. The highest BCUT2D eigenvalue weighted by molar-refractivity contribution is 8.16. The molecule has 0 amide bonds. The first-order valence-electron chi connectivity index (χ1n) is 4.06. The summed E-state index contributed by atoms with van der Waals surface area (Å²) in [5.74, 6) is 2.33. The van der Waals surface area contributed by atoms with Crippen LogP contribution in [0.25, 0.3) is 0 Å². The summed E-state index contributed by atoms with van der Waals surface area (Å²) in [6.45, 7) is 0. The van der Waals surface area contributed by atoms with Crippen LogP contribution in [0.4, 0.5) is 5.69 Å². The molecule has 1 aromatic rings. The Bertz CT molecular complexity index is 287. The van der Waals surface area contributed by atoms with E-state index in [4.69, 9.17) is 0 Å². The van der Waals surface area contributed by atoms with Gasteiger partial charge in [0.1, 0.15) is 5.75 Å². The van der Waals surface area contributed by atoms with Crippen molar-refractivity contribution < 1.29 is 5.11 Å². The lowest BCUT2D eigenvalue weighted by atomic mass is 10.3. The SMILES string of the molecule is Oc1ccccc1N1CSCSC1. The van der Waals surface area contributed by atoms with Crippen molar-refractivity contribution in [2.75, 3.05) is 21.7 Å². The normalized spacial score (nSPS) is 17.4. The molecule has 0 unspecified atom stereocenters. The topological polar surface area (TPSA) is 23.5 Å². The molecule has 70 valence electrons. The van der Waals surface area contributed by atoms with Crippen LogP contribution in [0, 0.1) is 0 Å². The lowest BCUT2D eigenvalue weighted by Gasteiger charge is -2.28. The van der Waals surface area contributed by atoms with Gasteiger partial charge in [0.2, 0.25) is 0 Å². The Kier molecular flexibility index (Phi) is 2.90. The van der Waals surface area contributed by atoms with Gasteiger partial charge in [-0.3, -0.25) is 0 Å². The second-order valence-electron chi connectivity index (χ2n) is 2.81. The zero-order valence-electron chi connectivity index (χ0n) is 7.14. The van der Waals surface area contributed by atoms with E-state index >= 15 is 0 Å². The average molecular weight is 213 g/mol. The first-order chi connectivity index (χ1) is 6.38. The fraction of sp³-hybridized carbons (Fsp3) is 0.333. The zero-order chi connectivity index (χ0) is 9.10. The molecule has 0 radical (unpaired) electrons. The number of aromatic hydroxyl groups is 1. The third-order valence-corrected chi connectivity index (χ3v) is 4.21. The number of hydrogen-bond acceptors (Lipinski definition) is 4. The summed E-state index contributed by atoms with van der Waals surface area (Å²) in [6, 6.07) is 7.50. The van der Waals surface area contributed by atoms with Gasteiger partial charge >= 0.3 is 0 Å². The molecule has 13 heavy (non-hydrogen) atoms. The molecule has 0 bridgehead atoms. The molecule has 1 aliphatic rings. The van der Waals surface area contributed by atoms with E-state index in [2.05, 4.69) is 4.90 Å². The zero-order valence-corrected chi connectivity index (χ0v) is 8.77. The molecule has 1 aliphatic heterocycles. The van der Waals surface area contributed by atoms with E-state index in [1.54, 1.807) is 6.07 Å². The van der Waals surface area contributed by atoms with Gasteiger partial charge in [-0.2, -0.15) is 0 Å². The van der Waals surface area contributed by atoms with E-state index in [-0.39, 0.29) is 0 Å². The van der Waals surface area contributed by atoms with Crippen LogP contribution in [-0.2, 0) is 0 Å². The summed E-state index contributed by atoms with van der Waals surface area (Å²) in [6.07, 6.45) is 0. The summed E-state index contributed by atoms with van der Waals surface area (Å²) in [4.78, 5) is 2.19. The van der Waals surface area contributed by atoms with Crippen LogP contribution in [0.2, 0.25) is 0 Å². The van der Waals surface area contributed by atoms with Crippen LogP contribution < -0.4 is 4.90 Å². The van der Waals surface area contributed by atoms with Crippen molar-refractivity contribution in [2.24, 2.45) is 0 Å². The molecule has 2 nitrogen and oxygen atoms in total. The van der Waals surface area contributed by atoms with Gasteiger partial charge in [0, 0.05) is 5.08 Å². The predicted molar refractivity (Wildman–Crippen MR) is 60.4 cm³/mol. The Hall–Kier alpha value is -0.480. The van der Waals surface area contributed by atoms with Crippen molar-refractivity contribution in [3.63, 3.8) is 0 Å². The molecule has 0 spiro atoms. The van der Waals surface area contributed by atoms with Crippen LogP contribution in [0.15, 0.2) is 24.3 Å². The first kappa shape index (κ1) is 9.09. The molecular weight excluding hydrogens is 202 g/mol. The van der Waals surface area contributed by atoms with Crippen LogP contribution in [-0.4, -0.2) is 21.9 Å². The van der Waals surface area contributed by atoms with Crippen molar-refractivity contribution >= 4 is 29.2 Å². The Morgan fingerprint density at radius 1 is 1.15 bits per heavy atom. The van der Waals surface area contributed by atoms with E-state index < -0.39 is 0 Å². The van der Waals surface area contributed by atoms with Gasteiger partial charge in [-0.25, -0.2) is 0 Å². The minimum absolute atomic E-state index is 0.380. The third kappa shape index (κ3) is 2.06. The van der Waals surface area contributed by atoms with Crippen LogP contribution in [0.5, 0.6) is 5.75 Å². The summed E-state index contributed by atoms with van der Waals surface area (Å²) in [5.41, 5.74) is 0.946. The lowest BCUT2D eigenvalue weighted by molar-refractivity contribution is 0.475. The third-order valence-electron chi connectivity index (χ3n) is 1.88. The number of thioether (sulfide) groups is 2. The number of para-hydroxylation sites is 2. The number of hydrogen-bond donors (Lipinski definition) is 1. The summed E-state index contributed by atoms with van der Waals surface area (Å²) in [5, 5.41) is 10.8. The number of anilines is 1. The van der Waals surface area contributed by atoms with Gasteiger partial charge in [0.05, 0.1) is 17.4 Å². The van der Waals surface area contributed by atoms with Gasteiger partial charge < -0.3 is 10.0 Å². The molecule has 0 atom stereocenters. The molecule has 0 aromatic heterocycles. The van der Waals surface area contributed by atoms with E-state index in [9.17, 15) is 5.11 Å². The maximum atomic E-state index is 9.60. The summed E-state index contributed by atoms with van der Waals surface area (Å²) in [7, 11) is 0. The molecule has 1 saturated heterocycles. The van der Waals surface area contributed by atoms with Crippen LogP contribution >= 0.6 is 23.5 Å². The smallest absolute Gasteiger partial charge is 0.138 e. The second-order valence-corrected chi connectivity index (χ2v) is 5.09.